The normalized spacial score (nSPS) is 30.0. The Hall–Kier alpha value is -2.93. The van der Waals surface area contributed by atoms with Gasteiger partial charge in [0.15, 0.2) is 17.3 Å². The number of benzene rings is 2. The molecule has 1 fully saturated rings. The van der Waals surface area contributed by atoms with Crippen molar-refractivity contribution in [2.45, 2.75) is 37.1 Å². The Kier molecular flexibility index (Phi) is 3.60. The van der Waals surface area contributed by atoms with E-state index in [1.807, 2.05) is 19.1 Å². The van der Waals surface area contributed by atoms with Crippen LogP contribution in [0.3, 0.4) is 0 Å². The Morgan fingerprint density at radius 2 is 1.83 bits per heavy atom. The minimum atomic E-state index is -0.457. The molecule has 2 aromatic rings. The zero-order valence-electron chi connectivity index (χ0n) is 17.0. The zero-order chi connectivity index (χ0) is 20.6. The van der Waals surface area contributed by atoms with E-state index >= 15 is 0 Å². The minimum absolute atomic E-state index is 0.0261. The maximum absolute atomic E-state index is 13.6. The van der Waals surface area contributed by atoms with Gasteiger partial charge in [0.05, 0.1) is 32.3 Å². The lowest BCUT2D eigenvalue weighted by Crippen LogP contribution is -2.43. The smallest absolute Gasteiger partial charge is 0.178 e. The molecule has 1 saturated heterocycles. The van der Waals surface area contributed by atoms with Crippen LogP contribution >= 0.6 is 0 Å². The third kappa shape index (κ3) is 2.38. The van der Waals surface area contributed by atoms with Crippen molar-refractivity contribution in [1.29, 1.82) is 0 Å². The second-order valence-electron chi connectivity index (χ2n) is 8.39. The van der Waals surface area contributed by atoms with E-state index in [9.17, 15) is 4.79 Å². The van der Waals surface area contributed by atoms with Gasteiger partial charge in [-0.2, -0.15) is 0 Å². The molecule has 0 aromatic heterocycles. The van der Waals surface area contributed by atoms with Crippen molar-refractivity contribution >= 4 is 5.78 Å². The van der Waals surface area contributed by atoms with E-state index in [1.54, 1.807) is 26.4 Å². The van der Waals surface area contributed by atoms with Gasteiger partial charge in [0.2, 0.25) is 0 Å². The van der Waals surface area contributed by atoms with Gasteiger partial charge < -0.3 is 28.4 Å². The monoisotopic (exact) mass is 410 g/mol. The summed E-state index contributed by atoms with van der Waals surface area (Å²) in [4.78, 5) is 13.6. The van der Waals surface area contributed by atoms with Gasteiger partial charge >= 0.3 is 0 Å². The third-order valence-corrected chi connectivity index (χ3v) is 6.60. The fraction of sp³-hybridized carbons (Fsp3) is 0.435. The fourth-order valence-electron chi connectivity index (χ4n) is 4.71. The molecule has 2 aromatic carbocycles. The molecule has 0 saturated carbocycles. The van der Waals surface area contributed by atoms with Crippen LogP contribution in [0.15, 0.2) is 24.3 Å². The van der Waals surface area contributed by atoms with E-state index in [0.29, 0.717) is 41.6 Å². The highest BCUT2D eigenvalue weighted by Crippen LogP contribution is 2.51. The van der Waals surface area contributed by atoms with E-state index in [-0.39, 0.29) is 24.1 Å². The maximum atomic E-state index is 13.6. The lowest BCUT2D eigenvalue weighted by Gasteiger charge is -2.37. The van der Waals surface area contributed by atoms with Crippen molar-refractivity contribution in [3.8, 4) is 28.7 Å². The molecule has 30 heavy (non-hydrogen) atoms. The first kappa shape index (κ1) is 17.9. The molecule has 4 heterocycles. The van der Waals surface area contributed by atoms with E-state index in [1.165, 1.54) is 0 Å². The highest BCUT2D eigenvalue weighted by atomic mass is 16.6. The Labute approximate surface area is 173 Å². The van der Waals surface area contributed by atoms with Crippen molar-refractivity contribution in [2.75, 3.05) is 27.4 Å². The average Bonchev–Trinajstić information content (AvgIpc) is 3.35. The van der Waals surface area contributed by atoms with Crippen LogP contribution in [-0.4, -0.2) is 51.0 Å². The molecule has 0 bridgehead atoms. The van der Waals surface area contributed by atoms with E-state index < -0.39 is 12.0 Å². The lowest BCUT2D eigenvalue weighted by atomic mass is 9.81. The first-order valence-corrected chi connectivity index (χ1v) is 10.1. The van der Waals surface area contributed by atoms with Crippen molar-refractivity contribution in [2.24, 2.45) is 0 Å². The van der Waals surface area contributed by atoms with Crippen molar-refractivity contribution < 1.29 is 33.2 Å². The number of carbonyl (C=O) groups is 1. The molecule has 7 heteroatoms. The topological polar surface area (TPSA) is 75.8 Å². The van der Waals surface area contributed by atoms with Crippen molar-refractivity contribution in [3.63, 3.8) is 0 Å². The molecule has 0 N–H and O–H groups in total. The van der Waals surface area contributed by atoms with Crippen LogP contribution in [0, 0.1) is 0 Å². The summed E-state index contributed by atoms with van der Waals surface area (Å²) in [6.07, 6.45) is 0.201. The predicted molar refractivity (Wildman–Crippen MR) is 105 cm³/mol. The standard InChI is InChI=1S/C23H22O7/c1-23(10-28-23)19-7-13-14(29-19)5-4-11-21(24)20-12-6-16(25-2)17(26-3)8-15(12)27-9-18(20)30-22(11)13/h4-6,8,18-20H,7,9-10H2,1-3H3/t18-,19-,20+,23-/m1/s1. The molecule has 0 amide bonds. The maximum Gasteiger partial charge on any atom is 0.178 e. The summed E-state index contributed by atoms with van der Waals surface area (Å²) in [6.45, 7) is 3.02. The number of hydrogen-bond acceptors (Lipinski definition) is 7. The summed E-state index contributed by atoms with van der Waals surface area (Å²) in [5, 5.41) is 0. The summed E-state index contributed by atoms with van der Waals surface area (Å²) in [7, 11) is 3.15. The number of ketones is 1. The Morgan fingerprint density at radius 3 is 2.57 bits per heavy atom. The van der Waals surface area contributed by atoms with Gasteiger partial charge in [-0.15, -0.1) is 0 Å². The lowest BCUT2D eigenvalue weighted by molar-refractivity contribution is 0.0554. The molecule has 4 aliphatic heterocycles. The quantitative estimate of drug-likeness (QED) is 0.720. The number of hydrogen-bond donors (Lipinski definition) is 0. The molecule has 0 radical (unpaired) electrons. The van der Waals surface area contributed by atoms with Gasteiger partial charge in [-0.05, 0) is 25.1 Å². The Morgan fingerprint density at radius 1 is 1.07 bits per heavy atom. The predicted octanol–water partition coefficient (Wildman–Crippen LogP) is 2.92. The molecule has 4 aliphatic rings. The molecule has 6 rings (SSSR count). The van der Waals surface area contributed by atoms with Crippen LogP contribution in [0.4, 0.5) is 0 Å². The molecule has 0 aliphatic carbocycles. The number of ether oxygens (including phenoxy) is 6. The van der Waals surface area contributed by atoms with Crippen LogP contribution in [0.2, 0.25) is 0 Å². The Bertz CT molecular complexity index is 1070. The van der Waals surface area contributed by atoms with Crippen molar-refractivity contribution in [3.05, 3.63) is 41.0 Å². The second kappa shape index (κ2) is 6.04. The van der Waals surface area contributed by atoms with E-state index in [4.69, 9.17) is 28.4 Å². The number of fused-ring (bicyclic) bond motifs is 6. The number of Topliss-reactive ketones (excluding diaryl/α,β-unsaturated/α-hetero) is 1. The van der Waals surface area contributed by atoms with Gasteiger partial charge in [0.1, 0.15) is 41.7 Å². The summed E-state index contributed by atoms with van der Waals surface area (Å²) in [5.41, 5.74) is 2.03. The Balaban J connectivity index is 1.41. The van der Waals surface area contributed by atoms with E-state index in [0.717, 1.165) is 16.9 Å². The first-order valence-electron chi connectivity index (χ1n) is 10.1. The minimum Gasteiger partial charge on any atom is -0.493 e. The fourth-order valence-corrected chi connectivity index (χ4v) is 4.71. The molecule has 156 valence electrons. The van der Waals surface area contributed by atoms with Crippen LogP contribution in [0.1, 0.15) is 34.3 Å². The van der Waals surface area contributed by atoms with Gasteiger partial charge in [-0.3, -0.25) is 4.79 Å². The van der Waals surface area contributed by atoms with Crippen LogP contribution < -0.4 is 23.7 Å². The third-order valence-electron chi connectivity index (χ3n) is 6.60. The zero-order valence-corrected chi connectivity index (χ0v) is 17.0. The van der Waals surface area contributed by atoms with Crippen molar-refractivity contribution in [1.82, 2.24) is 0 Å². The number of rotatable bonds is 3. The number of carbonyl (C=O) groups excluding carboxylic acids is 1. The molecular weight excluding hydrogens is 388 g/mol. The molecule has 0 unspecified atom stereocenters. The van der Waals surface area contributed by atoms with Gasteiger partial charge in [0.25, 0.3) is 0 Å². The van der Waals surface area contributed by atoms with Crippen LogP contribution in [0.5, 0.6) is 28.7 Å². The average molecular weight is 410 g/mol. The van der Waals surface area contributed by atoms with Crippen LogP contribution in [0.25, 0.3) is 0 Å². The van der Waals surface area contributed by atoms with E-state index in [2.05, 4.69) is 0 Å². The molecular formula is C23H22O7. The number of methoxy groups -OCH3 is 2. The van der Waals surface area contributed by atoms with Gasteiger partial charge in [-0.1, -0.05) is 0 Å². The highest BCUT2D eigenvalue weighted by Gasteiger charge is 2.53. The van der Waals surface area contributed by atoms with Crippen LogP contribution in [-0.2, 0) is 11.2 Å². The summed E-state index contributed by atoms with van der Waals surface area (Å²) in [5.74, 6) is 2.71. The highest BCUT2D eigenvalue weighted by molar-refractivity contribution is 6.06. The summed E-state index contributed by atoms with van der Waals surface area (Å²) in [6, 6.07) is 7.26. The van der Waals surface area contributed by atoms with Gasteiger partial charge in [-0.25, -0.2) is 0 Å². The molecule has 7 nitrogen and oxygen atoms in total. The second-order valence-corrected chi connectivity index (χ2v) is 8.39. The van der Waals surface area contributed by atoms with Gasteiger partial charge in [0, 0.05) is 23.6 Å². The first-order chi connectivity index (χ1) is 14.5. The molecule has 0 spiro atoms. The SMILES string of the molecule is COc1cc2c(cc1OC)[C@@H]1C(=O)c3ccc4c(c3O[C@@H]1CO2)C[C@H]([C@@]1(C)CO1)O4. The summed E-state index contributed by atoms with van der Waals surface area (Å²) < 4.78 is 34.8. The summed E-state index contributed by atoms with van der Waals surface area (Å²) >= 11 is 0. The largest absolute Gasteiger partial charge is 0.493 e. The molecule has 4 atom stereocenters. The number of epoxide rings is 1.